The van der Waals surface area contributed by atoms with Crippen LogP contribution < -0.4 is 10.6 Å². The number of rotatable bonds is 8. The first kappa shape index (κ1) is 18.9. The normalized spacial score (nSPS) is 19.5. The van der Waals surface area contributed by atoms with Gasteiger partial charge in [0.15, 0.2) is 0 Å². The molecule has 3 atom stereocenters. The Morgan fingerprint density at radius 1 is 1.32 bits per heavy atom. The van der Waals surface area contributed by atoms with Crippen molar-refractivity contribution in [2.24, 2.45) is 5.92 Å². The highest BCUT2D eigenvalue weighted by molar-refractivity contribution is 6.05. The molecule has 1 heterocycles. The van der Waals surface area contributed by atoms with Gasteiger partial charge in [0.2, 0.25) is 5.91 Å². The van der Waals surface area contributed by atoms with Crippen molar-refractivity contribution in [1.29, 1.82) is 0 Å². The Kier molecular flexibility index (Phi) is 6.52. The minimum absolute atomic E-state index is 0.123. The molecule has 1 aliphatic rings. The third-order valence-corrected chi connectivity index (χ3v) is 4.55. The molecular weight excluding hydrogens is 322 g/mol. The fraction of sp³-hybridized carbons (Fsp3) is 0.500. The second-order valence-corrected chi connectivity index (χ2v) is 6.36. The van der Waals surface area contributed by atoms with Gasteiger partial charge in [-0.2, -0.15) is 0 Å². The van der Waals surface area contributed by atoms with Crippen molar-refractivity contribution in [3.63, 3.8) is 0 Å². The average Bonchev–Trinajstić information content (AvgIpc) is 2.87. The second kappa shape index (κ2) is 8.62. The first-order valence-electron chi connectivity index (χ1n) is 8.52. The van der Waals surface area contributed by atoms with E-state index in [1.54, 1.807) is 0 Å². The van der Waals surface area contributed by atoms with Crippen LogP contribution in [0, 0.1) is 5.92 Å². The van der Waals surface area contributed by atoms with Gasteiger partial charge in [0.05, 0.1) is 25.6 Å². The van der Waals surface area contributed by atoms with Crippen LogP contribution >= 0.6 is 0 Å². The topological polar surface area (TPSA) is 98.7 Å². The molecule has 3 unspecified atom stereocenters. The SMILES string of the molecule is CCC(C)C(CO)NC(=O)CC1NC(=O)N(Cc2ccccc2)C1=O. The molecule has 1 aromatic rings. The van der Waals surface area contributed by atoms with E-state index in [2.05, 4.69) is 10.6 Å². The zero-order valence-corrected chi connectivity index (χ0v) is 14.6. The number of aliphatic hydroxyl groups excluding tert-OH is 1. The molecule has 0 bridgehead atoms. The molecule has 7 nitrogen and oxygen atoms in total. The molecule has 4 amide bonds. The molecule has 1 saturated heterocycles. The van der Waals surface area contributed by atoms with Gasteiger partial charge in [0.1, 0.15) is 6.04 Å². The van der Waals surface area contributed by atoms with Gasteiger partial charge in [-0.3, -0.25) is 14.5 Å². The van der Waals surface area contributed by atoms with Crippen LogP contribution in [0.3, 0.4) is 0 Å². The van der Waals surface area contributed by atoms with Crippen molar-refractivity contribution in [3.05, 3.63) is 35.9 Å². The molecule has 0 aliphatic carbocycles. The molecule has 136 valence electrons. The highest BCUT2D eigenvalue weighted by Gasteiger charge is 2.39. The van der Waals surface area contributed by atoms with Crippen LogP contribution in [0.5, 0.6) is 0 Å². The van der Waals surface area contributed by atoms with Crippen molar-refractivity contribution in [2.75, 3.05) is 6.61 Å². The largest absolute Gasteiger partial charge is 0.394 e. The third-order valence-electron chi connectivity index (χ3n) is 4.55. The maximum Gasteiger partial charge on any atom is 0.325 e. The number of carbonyl (C=O) groups excluding carboxylic acids is 3. The summed E-state index contributed by atoms with van der Waals surface area (Å²) in [5.41, 5.74) is 0.841. The predicted octanol–water partition coefficient (Wildman–Crippen LogP) is 1.02. The Morgan fingerprint density at radius 3 is 2.60 bits per heavy atom. The van der Waals surface area contributed by atoms with Gasteiger partial charge in [-0.25, -0.2) is 4.79 Å². The number of amides is 4. The van der Waals surface area contributed by atoms with Crippen LogP contribution in [0.2, 0.25) is 0 Å². The quantitative estimate of drug-likeness (QED) is 0.612. The Balaban J connectivity index is 1.94. The number of aliphatic hydroxyl groups is 1. The lowest BCUT2D eigenvalue weighted by Crippen LogP contribution is -2.44. The van der Waals surface area contributed by atoms with Gasteiger partial charge in [-0.05, 0) is 11.5 Å². The number of nitrogens with one attached hydrogen (secondary N) is 2. The number of carbonyl (C=O) groups is 3. The van der Waals surface area contributed by atoms with E-state index in [0.717, 1.165) is 16.9 Å². The summed E-state index contributed by atoms with van der Waals surface area (Å²) < 4.78 is 0. The van der Waals surface area contributed by atoms with Gasteiger partial charge in [-0.15, -0.1) is 0 Å². The highest BCUT2D eigenvalue weighted by Crippen LogP contribution is 2.14. The molecule has 0 radical (unpaired) electrons. The standard InChI is InChI=1S/C18H25N3O4/c1-3-12(2)15(11-22)19-16(23)9-14-17(24)21(18(25)20-14)10-13-7-5-4-6-8-13/h4-8,12,14-15,22H,3,9-11H2,1-2H3,(H,19,23)(H,20,25). The van der Waals surface area contributed by atoms with Gasteiger partial charge >= 0.3 is 6.03 Å². The summed E-state index contributed by atoms with van der Waals surface area (Å²) in [7, 11) is 0. The number of imide groups is 1. The summed E-state index contributed by atoms with van der Waals surface area (Å²) in [4.78, 5) is 37.7. The van der Waals surface area contributed by atoms with Crippen LogP contribution in [0.1, 0.15) is 32.3 Å². The number of hydrogen-bond acceptors (Lipinski definition) is 4. The second-order valence-electron chi connectivity index (χ2n) is 6.36. The minimum Gasteiger partial charge on any atom is -0.394 e. The molecule has 1 fully saturated rings. The third kappa shape index (κ3) is 4.79. The van der Waals surface area contributed by atoms with Gasteiger partial charge in [-0.1, -0.05) is 50.6 Å². The summed E-state index contributed by atoms with van der Waals surface area (Å²) in [5, 5.41) is 14.7. The van der Waals surface area contributed by atoms with Crippen molar-refractivity contribution >= 4 is 17.8 Å². The molecule has 0 aromatic heterocycles. The van der Waals surface area contributed by atoms with E-state index in [-0.39, 0.29) is 37.4 Å². The van der Waals surface area contributed by atoms with Crippen molar-refractivity contribution in [3.8, 4) is 0 Å². The zero-order chi connectivity index (χ0) is 18.4. The summed E-state index contributed by atoms with van der Waals surface area (Å²) in [6.07, 6.45) is 0.679. The summed E-state index contributed by atoms with van der Waals surface area (Å²) in [6.45, 7) is 3.93. The fourth-order valence-corrected chi connectivity index (χ4v) is 2.73. The lowest BCUT2D eigenvalue weighted by Gasteiger charge is -2.22. The van der Waals surface area contributed by atoms with Crippen molar-refractivity contribution in [2.45, 2.75) is 45.3 Å². The molecule has 1 aliphatic heterocycles. The Bertz CT molecular complexity index is 620. The lowest BCUT2D eigenvalue weighted by atomic mass is 9.99. The van der Waals surface area contributed by atoms with Crippen LogP contribution in [-0.2, 0) is 16.1 Å². The Morgan fingerprint density at radius 2 is 2.00 bits per heavy atom. The first-order chi connectivity index (χ1) is 12.0. The predicted molar refractivity (Wildman–Crippen MR) is 92.4 cm³/mol. The van der Waals surface area contributed by atoms with Gasteiger partial charge in [0, 0.05) is 0 Å². The van der Waals surface area contributed by atoms with Crippen LogP contribution in [0.4, 0.5) is 4.79 Å². The molecule has 2 rings (SSSR count). The molecular formula is C18H25N3O4. The minimum atomic E-state index is -0.868. The van der Waals surface area contributed by atoms with Crippen LogP contribution in [0.15, 0.2) is 30.3 Å². The average molecular weight is 347 g/mol. The zero-order valence-electron chi connectivity index (χ0n) is 14.6. The summed E-state index contributed by atoms with van der Waals surface area (Å²) >= 11 is 0. The number of nitrogens with zero attached hydrogens (tertiary/aromatic N) is 1. The van der Waals surface area contributed by atoms with E-state index in [1.165, 1.54) is 0 Å². The lowest BCUT2D eigenvalue weighted by molar-refractivity contribution is -0.131. The monoisotopic (exact) mass is 347 g/mol. The van der Waals surface area contributed by atoms with Crippen molar-refractivity contribution in [1.82, 2.24) is 15.5 Å². The number of hydrogen-bond donors (Lipinski definition) is 3. The Labute approximate surface area is 147 Å². The highest BCUT2D eigenvalue weighted by atomic mass is 16.3. The summed E-state index contributed by atoms with van der Waals surface area (Å²) in [6, 6.07) is 7.48. The van der Waals surface area contributed by atoms with E-state index >= 15 is 0 Å². The fourth-order valence-electron chi connectivity index (χ4n) is 2.73. The van der Waals surface area contributed by atoms with E-state index < -0.39 is 18.0 Å². The smallest absolute Gasteiger partial charge is 0.325 e. The van der Waals surface area contributed by atoms with Gasteiger partial charge in [0.25, 0.3) is 5.91 Å². The number of benzene rings is 1. The molecule has 0 saturated carbocycles. The molecule has 25 heavy (non-hydrogen) atoms. The van der Waals surface area contributed by atoms with Crippen molar-refractivity contribution < 1.29 is 19.5 Å². The van der Waals surface area contributed by atoms with Gasteiger partial charge < -0.3 is 15.7 Å². The van der Waals surface area contributed by atoms with E-state index in [9.17, 15) is 19.5 Å². The Hall–Kier alpha value is -2.41. The maximum absolute atomic E-state index is 12.4. The summed E-state index contributed by atoms with van der Waals surface area (Å²) in [5.74, 6) is -0.648. The molecule has 3 N–H and O–H groups in total. The van der Waals surface area contributed by atoms with E-state index in [1.807, 2.05) is 44.2 Å². The molecule has 7 heteroatoms. The van der Waals surface area contributed by atoms with E-state index in [0.29, 0.717) is 0 Å². The first-order valence-corrected chi connectivity index (χ1v) is 8.52. The van der Waals surface area contributed by atoms with E-state index in [4.69, 9.17) is 0 Å². The van der Waals surface area contributed by atoms with Crippen LogP contribution in [-0.4, -0.2) is 46.5 Å². The molecule has 1 aromatic carbocycles. The van der Waals surface area contributed by atoms with Crippen LogP contribution in [0.25, 0.3) is 0 Å². The maximum atomic E-state index is 12.4. The number of urea groups is 1. The molecule has 0 spiro atoms.